The van der Waals surface area contributed by atoms with Crippen LogP contribution in [0.3, 0.4) is 0 Å². The van der Waals surface area contributed by atoms with Crippen molar-refractivity contribution in [2.75, 3.05) is 29.4 Å². The van der Waals surface area contributed by atoms with Gasteiger partial charge >= 0.3 is 0 Å². The topological polar surface area (TPSA) is 94.1 Å². The van der Waals surface area contributed by atoms with Gasteiger partial charge in [0.15, 0.2) is 17.3 Å². The summed E-state index contributed by atoms with van der Waals surface area (Å²) >= 11 is 0. The third-order valence-electron chi connectivity index (χ3n) is 19.5. The first-order valence-electron chi connectivity index (χ1n) is 32.0. The van der Waals surface area contributed by atoms with Crippen LogP contribution in [0, 0.1) is 47.3 Å². The molecule has 4 aliphatic rings. The first kappa shape index (κ1) is 65.7. The smallest absolute Gasteiger partial charge is 0.209 e. The average Bonchev–Trinajstić information content (AvgIpc) is 1.81. The number of carbonyl (C=O) groups excluding carboxylic acids is 4. The van der Waals surface area contributed by atoms with E-state index in [1.807, 2.05) is 12.1 Å². The van der Waals surface area contributed by atoms with Crippen LogP contribution in [0.5, 0.6) is 0 Å². The van der Waals surface area contributed by atoms with E-state index in [1.165, 1.54) is 17.6 Å². The second-order valence-electron chi connectivity index (χ2n) is 30.4. The Labute approximate surface area is 508 Å². The quantitative estimate of drug-likeness (QED) is 0.0554. The molecular formula is C75H107N5O4. The van der Waals surface area contributed by atoms with Crippen LogP contribution in [0.2, 0.25) is 0 Å². The van der Waals surface area contributed by atoms with Crippen LogP contribution in [0.15, 0.2) is 120 Å². The summed E-state index contributed by atoms with van der Waals surface area (Å²) in [7, 11) is 0. The van der Waals surface area contributed by atoms with Gasteiger partial charge in [0, 0.05) is 120 Å². The number of anilines is 2. The van der Waals surface area contributed by atoms with E-state index in [2.05, 4.69) is 223 Å². The van der Waals surface area contributed by atoms with Gasteiger partial charge in [0.1, 0.15) is 5.69 Å². The number of allylic oxidation sites excluding steroid dienone is 6. The highest BCUT2D eigenvalue weighted by Gasteiger charge is 2.45. The Morgan fingerprint density at radius 3 is 1.81 bits per heavy atom. The molecule has 4 aliphatic heterocycles. The lowest BCUT2D eigenvalue weighted by Gasteiger charge is -2.49. The Balaban J connectivity index is 0.993. The number of nitrogens with zero attached hydrogens (tertiary/aromatic N) is 5. The summed E-state index contributed by atoms with van der Waals surface area (Å²) < 4.78 is 0. The third kappa shape index (κ3) is 15.4. The van der Waals surface area contributed by atoms with Gasteiger partial charge in [-0.25, -0.2) is 0 Å². The average molecular weight is 1140 g/mol. The van der Waals surface area contributed by atoms with Crippen LogP contribution in [0.4, 0.5) is 11.4 Å². The van der Waals surface area contributed by atoms with Crippen LogP contribution in [-0.4, -0.2) is 74.7 Å². The molecule has 0 amide bonds. The van der Waals surface area contributed by atoms with Crippen molar-refractivity contribution in [1.82, 2.24) is 14.8 Å². The van der Waals surface area contributed by atoms with Crippen molar-refractivity contribution in [2.24, 2.45) is 33.5 Å². The highest BCUT2D eigenvalue weighted by Crippen LogP contribution is 2.48. The van der Waals surface area contributed by atoms with E-state index < -0.39 is 0 Å². The van der Waals surface area contributed by atoms with Gasteiger partial charge in [0.25, 0.3) is 0 Å². The molecule has 0 fully saturated rings. The molecule has 84 heavy (non-hydrogen) atoms. The largest absolute Gasteiger partial charge is 0.372 e. The fourth-order valence-electron chi connectivity index (χ4n) is 13.7. The number of aryl methyl sites for hydroxylation is 2. The molecule has 0 N–H and O–H groups in total. The molecule has 0 aliphatic carbocycles. The summed E-state index contributed by atoms with van der Waals surface area (Å²) in [4.78, 5) is 70.6. The summed E-state index contributed by atoms with van der Waals surface area (Å²) in [6.45, 7) is 44.5. The molecule has 7 rings (SSSR count). The maximum Gasteiger partial charge on any atom is 0.209 e. The van der Waals surface area contributed by atoms with Crippen molar-refractivity contribution >= 4 is 34.5 Å². The summed E-state index contributed by atoms with van der Waals surface area (Å²) in [6, 6.07) is 18.8. The standard InChI is InChI=1S/C75H107N5O4/c1-20-21-22-23-30-65(81)60-47-77(38-35-72(60,12)13)57-31-33-58(34-32-57)78-39-36-73(14,15)61(48-78)66(82)41-52(3)28-26-27-51(2)40-56-46-79(70(6,7)8)49-63(75(56,18)19)69(84)67-53(4)42-55(43-54(67)5)44-59-45-74(16,17)62(50-80(59)71(9,10)11)68(83)64-29-24-25-37-76-64/h24-25,27,29,31-34,37,42-43,47-50,52,56,59H,20-23,26,28,30,35-36,38-41,44-46H2,1-19H3/b51-27+. The lowest BCUT2D eigenvalue weighted by molar-refractivity contribution is -0.118. The summed E-state index contributed by atoms with van der Waals surface area (Å²) in [6.07, 6.45) is 24.2. The Hall–Kier alpha value is -5.83. The number of benzene rings is 2. The SMILES string of the molecule is CCCCCCC(=O)C1=CN(c2ccc(N3C=C(C(=O)CC(C)CC/C=C(\C)CC4CN(C(C)(C)C)C=C(C(=O)c5c(C)cc(CC6CC(C)(C)C(C(=O)c7ccccn7)=CN6C(C)(C)C)cc5C)C4(C)C)C(C)(C)CC3)cc2)CCC1(C)C. The molecule has 3 unspecified atom stereocenters. The molecule has 0 spiro atoms. The Kier molecular flexibility index (Phi) is 20.4. The van der Waals surface area contributed by atoms with Crippen molar-refractivity contribution in [2.45, 2.75) is 232 Å². The van der Waals surface area contributed by atoms with Gasteiger partial charge in [0.05, 0.1) is 0 Å². The minimum absolute atomic E-state index is 0.0189. The minimum Gasteiger partial charge on any atom is -0.372 e. The van der Waals surface area contributed by atoms with Crippen molar-refractivity contribution in [3.05, 3.63) is 147 Å². The van der Waals surface area contributed by atoms with Crippen LogP contribution < -0.4 is 9.80 Å². The number of carbonyl (C=O) groups is 4. The van der Waals surface area contributed by atoms with Crippen LogP contribution >= 0.6 is 0 Å². The normalized spacial score (nSPS) is 21.1. The van der Waals surface area contributed by atoms with E-state index in [9.17, 15) is 14.4 Å². The molecule has 456 valence electrons. The summed E-state index contributed by atoms with van der Waals surface area (Å²) in [5.41, 5.74) is 9.95. The lowest BCUT2D eigenvalue weighted by Crippen LogP contribution is -2.51. The van der Waals surface area contributed by atoms with Gasteiger partial charge < -0.3 is 19.6 Å². The lowest BCUT2D eigenvalue weighted by atomic mass is 9.66. The monoisotopic (exact) mass is 1140 g/mol. The molecule has 0 saturated carbocycles. The zero-order chi connectivity index (χ0) is 61.9. The Bertz CT molecular complexity index is 3020. The second kappa shape index (κ2) is 26.0. The van der Waals surface area contributed by atoms with Crippen LogP contribution in [0.25, 0.3) is 0 Å². The number of unbranched alkanes of at least 4 members (excludes halogenated alkanes) is 3. The van der Waals surface area contributed by atoms with E-state index in [4.69, 9.17) is 0 Å². The Morgan fingerprint density at radius 1 is 0.690 bits per heavy atom. The molecule has 0 saturated heterocycles. The number of aromatic nitrogens is 1. The van der Waals surface area contributed by atoms with Gasteiger partial charge in [-0.1, -0.05) is 118 Å². The first-order valence-corrected chi connectivity index (χ1v) is 32.0. The molecule has 0 bridgehead atoms. The third-order valence-corrected chi connectivity index (χ3v) is 19.5. The molecule has 3 aromatic rings. The van der Waals surface area contributed by atoms with Crippen LogP contribution in [0.1, 0.15) is 232 Å². The number of ketones is 4. The molecule has 9 heteroatoms. The number of Topliss-reactive ketones (excluding diaryl/α,β-unsaturated/α-hetero) is 4. The number of hydrogen-bond acceptors (Lipinski definition) is 9. The van der Waals surface area contributed by atoms with E-state index in [1.54, 1.807) is 12.3 Å². The number of pyridine rings is 1. The van der Waals surface area contributed by atoms with Crippen molar-refractivity contribution in [3.63, 3.8) is 0 Å². The van der Waals surface area contributed by atoms with Gasteiger partial charge in [-0.3, -0.25) is 24.2 Å². The van der Waals surface area contributed by atoms with Crippen molar-refractivity contribution in [1.29, 1.82) is 0 Å². The first-order chi connectivity index (χ1) is 39.1. The van der Waals surface area contributed by atoms with E-state index in [-0.39, 0.29) is 73.7 Å². The summed E-state index contributed by atoms with van der Waals surface area (Å²) in [5.74, 6) is 1.04. The highest BCUT2D eigenvalue weighted by molar-refractivity contribution is 6.11. The summed E-state index contributed by atoms with van der Waals surface area (Å²) in [5, 5.41) is 0. The molecule has 9 nitrogen and oxygen atoms in total. The van der Waals surface area contributed by atoms with E-state index in [0.717, 1.165) is 134 Å². The van der Waals surface area contributed by atoms with Crippen molar-refractivity contribution in [3.8, 4) is 0 Å². The maximum atomic E-state index is 15.3. The second-order valence-corrected chi connectivity index (χ2v) is 30.4. The predicted molar refractivity (Wildman–Crippen MR) is 350 cm³/mol. The number of rotatable bonds is 22. The zero-order valence-corrected chi connectivity index (χ0v) is 55.6. The van der Waals surface area contributed by atoms with Gasteiger partial charge in [-0.05, 0) is 200 Å². The van der Waals surface area contributed by atoms with Gasteiger partial charge in [0.2, 0.25) is 5.78 Å². The molecule has 3 atom stereocenters. The van der Waals surface area contributed by atoms with Crippen LogP contribution in [-0.2, 0) is 16.0 Å². The molecule has 5 heterocycles. The van der Waals surface area contributed by atoms with Gasteiger partial charge in [-0.2, -0.15) is 0 Å². The fourth-order valence-corrected chi connectivity index (χ4v) is 13.7. The predicted octanol–water partition coefficient (Wildman–Crippen LogP) is 17.9. The highest BCUT2D eigenvalue weighted by atomic mass is 16.1. The number of hydrogen-bond donors (Lipinski definition) is 0. The minimum atomic E-state index is -0.389. The van der Waals surface area contributed by atoms with Crippen molar-refractivity contribution < 1.29 is 19.2 Å². The zero-order valence-electron chi connectivity index (χ0n) is 55.6. The molecule has 2 aromatic carbocycles. The molecule has 0 radical (unpaired) electrons. The van der Waals surface area contributed by atoms with Gasteiger partial charge in [-0.15, -0.1) is 0 Å². The fraction of sp³-hybridized carbons (Fsp3) is 0.587. The van der Waals surface area contributed by atoms with E-state index >= 15 is 4.79 Å². The van der Waals surface area contributed by atoms with E-state index in [0.29, 0.717) is 18.5 Å². The Morgan fingerprint density at radius 2 is 1.27 bits per heavy atom. The molecular weight excluding hydrogens is 1030 g/mol. The molecule has 1 aromatic heterocycles. The maximum absolute atomic E-state index is 15.3.